The summed E-state index contributed by atoms with van der Waals surface area (Å²) in [5.41, 5.74) is 2.13. The number of carbonyl (C=O) groups is 1. The van der Waals surface area contributed by atoms with Crippen LogP contribution in [-0.2, 0) is 11.2 Å². The maximum absolute atomic E-state index is 11.0. The Kier molecular flexibility index (Phi) is 4.37. The summed E-state index contributed by atoms with van der Waals surface area (Å²) in [7, 11) is 5.27. The molecule has 1 aliphatic rings. The molecule has 0 bridgehead atoms. The SMILES string of the molecule is COc1cc2c(c(OC)c1)N(C)CCC(CC(=O)O)C2. The zero-order valence-corrected chi connectivity index (χ0v) is 12.2. The normalized spacial score (nSPS) is 18.1. The summed E-state index contributed by atoms with van der Waals surface area (Å²) in [6.07, 6.45) is 1.80. The average molecular weight is 279 g/mol. The van der Waals surface area contributed by atoms with Crippen LogP contribution in [0.2, 0.25) is 0 Å². The van der Waals surface area contributed by atoms with E-state index in [0.29, 0.717) is 0 Å². The summed E-state index contributed by atoms with van der Waals surface area (Å²) in [6.45, 7) is 0.827. The van der Waals surface area contributed by atoms with Crippen molar-refractivity contribution in [3.05, 3.63) is 17.7 Å². The molecule has 110 valence electrons. The second-order valence-corrected chi connectivity index (χ2v) is 5.22. The minimum atomic E-state index is -0.740. The minimum absolute atomic E-state index is 0.146. The number of benzene rings is 1. The molecule has 5 nitrogen and oxygen atoms in total. The van der Waals surface area contributed by atoms with Crippen molar-refractivity contribution < 1.29 is 19.4 Å². The van der Waals surface area contributed by atoms with Gasteiger partial charge in [0.25, 0.3) is 0 Å². The van der Waals surface area contributed by atoms with Crippen molar-refractivity contribution >= 4 is 11.7 Å². The highest BCUT2D eigenvalue weighted by Gasteiger charge is 2.25. The Balaban J connectivity index is 2.40. The number of aliphatic carboxylic acids is 1. The Morgan fingerprint density at radius 2 is 2.15 bits per heavy atom. The number of carboxylic acid groups (broad SMARTS) is 1. The van der Waals surface area contributed by atoms with Gasteiger partial charge in [0, 0.05) is 26.1 Å². The van der Waals surface area contributed by atoms with Gasteiger partial charge in [-0.05, 0) is 30.4 Å². The lowest BCUT2D eigenvalue weighted by Crippen LogP contribution is -2.20. The first kappa shape index (κ1) is 14.5. The molecule has 0 aromatic heterocycles. The molecule has 1 heterocycles. The molecule has 0 saturated heterocycles. The van der Waals surface area contributed by atoms with Gasteiger partial charge in [-0.25, -0.2) is 0 Å². The molecule has 1 N–H and O–H groups in total. The molecule has 0 radical (unpaired) electrons. The Bertz CT molecular complexity index is 501. The van der Waals surface area contributed by atoms with Crippen molar-refractivity contribution in [1.29, 1.82) is 0 Å². The third kappa shape index (κ3) is 2.98. The highest BCUT2D eigenvalue weighted by molar-refractivity contribution is 5.69. The van der Waals surface area contributed by atoms with Crippen LogP contribution in [0.3, 0.4) is 0 Å². The second-order valence-electron chi connectivity index (χ2n) is 5.22. The third-order valence-electron chi connectivity index (χ3n) is 3.81. The molecule has 1 unspecified atom stereocenters. The van der Waals surface area contributed by atoms with Crippen molar-refractivity contribution in [2.75, 3.05) is 32.7 Å². The van der Waals surface area contributed by atoms with E-state index >= 15 is 0 Å². The van der Waals surface area contributed by atoms with Gasteiger partial charge in [0.1, 0.15) is 11.5 Å². The summed E-state index contributed by atoms with van der Waals surface area (Å²) in [5, 5.41) is 9.01. The quantitative estimate of drug-likeness (QED) is 0.915. The van der Waals surface area contributed by atoms with Gasteiger partial charge >= 0.3 is 5.97 Å². The number of carboxylic acids is 1. The fourth-order valence-electron chi connectivity index (χ4n) is 2.82. The minimum Gasteiger partial charge on any atom is -0.497 e. The topological polar surface area (TPSA) is 59.0 Å². The zero-order valence-electron chi connectivity index (χ0n) is 12.2. The zero-order chi connectivity index (χ0) is 14.7. The van der Waals surface area contributed by atoms with Crippen LogP contribution in [0.5, 0.6) is 11.5 Å². The van der Waals surface area contributed by atoms with Gasteiger partial charge < -0.3 is 19.5 Å². The van der Waals surface area contributed by atoms with Crippen molar-refractivity contribution in [2.24, 2.45) is 5.92 Å². The van der Waals surface area contributed by atoms with Gasteiger partial charge in [0.15, 0.2) is 0 Å². The number of nitrogens with zero attached hydrogens (tertiary/aromatic N) is 1. The first-order chi connectivity index (χ1) is 9.55. The second kappa shape index (κ2) is 6.03. The van der Waals surface area contributed by atoms with Gasteiger partial charge in [-0.1, -0.05) is 0 Å². The monoisotopic (exact) mass is 279 g/mol. The Hall–Kier alpha value is -1.91. The van der Waals surface area contributed by atoms with E-state index in [4.69, 9.17) is 14.6 Å². The Morgan fingerprint density at radius 1 is 1.40 bits per heavy atom. The van der Waals surface area contributed by atoms with E-state index in [0.717, 1.165) is 42.1 Å². The number of rotatable bonds is 4. The van der Waals surface area contributed by atoms with E-state index in [9.17, 15) is 4.79 Å². The van der Waals surface area contributed by atoms with Crippen molar-refractivity contribution in [3.8, 4) is 11.5 Å². The summed E-state index contributed by atoms with van der Waals surface area (Å²) in [5.74, 6) is 0.923. The summed E-state index contributed by atoms with van der Waals surface area (Å²) in [4.78, 5) is 13.1. The molecule has 0 spiro atoms. The van der Waals surface area contributed by atoms with Gasteiger partial charge in [-0.3, -0.25) is 4.79 Å². The van der Waals surface area contributed by atoms with Crippen molar-refractivity contribution in [3.63, 3.8) is 0 Å². The lowest BCUT2D eigenvalue weighted by atomic mass is 9.93. The van der Waals surface area contributed by atoms with Crippen LogP contribution >= 0.6 is 0 Å². The highest BCUT2D eigenvalue weighted by Crippen LogP contribution is 2.39. The van der Waals surface area contributed by atoms with Crippen molar-refractivity contribution in [2.45, 2.75) is 19.3 Å². The molecule has 20 heavy (non-hydrogen) atoms. The third-order valence-corrected chi connectivity index (χ3v) is 3.81. The first-order valence-corrected chi connectivity index (χ1v) is 6.73. The summed E-state index contributed by atoms with van der Waals surface area (Å²) >= 11 is 0. The average Bonchev–Trinajstić information content (AvgIpc) is 2.57. The van der Waals surface area contributed by atoms with E-state index in [-0.39, 0.29) is 12.3 Å². The van der Waals surface area contributed by atoms with E-state index in [1.54, 1.807) is 14.2 Å². The predicted octanol–water partition coefficient (Wildman–Crippen LogP) is 2.18. The number of fused-ring (bicyclic) bond motifs is 1. The highest BCUT2D eigenvalue weighted by atomic mass is 16.5. The van der Waals surface area contributed by atoms with Crippen LogP contribution < -0.4 is 14.4 Å². The van der Waals surface area contributed by atoms with Crippen LogP contribution in [0, 0.1) is 5.92 Å². The van der Waals surface area contributed by atoms with Gasteiger partial charge in [0.05, 0.1) is 19.9 Å². The molecule has 0 fully saturated rings. The molecular weight excluding hydrogens is 258 g/mol. The smallest absolute Gasteiger partial charge is 0.303 e. The molecule has 1 aliphatic heterocycles. The number of hydrogen-bond acceptors (Lipinski definition) is 4. The molecule has 1 atom stereocenters. The molecule has 2 rings (SSSR count). The molecule has 0 saturated carbocycles. The Labute approximate surface area is 119 Å². The largest absolute Gasteiger partial charge is 0.497 e. The molecule has 0 aliphatic carbocycles. The number of ether oxygens (including phenoxy) is 2. The maximum atomic E-state index is 11.0. The number of methoxy groups -OCH3 is 2. The van der Waals surface area contributed by atoms with Gasteiger partial charge in [-0.15, -0.1) is 0 Å². The number of hydrogen-bond donors (Lipinski definition) is 1. The molecule has 1 aromatic rings. The maximum Gasteiger partial charge on any atom is 0.303 e. The lowest BCUT2D eigenvalue weighted by Gasteiger charge is -2.22. The Morgan fingerprint density at radius 3 is 2.75 bits per heavy atom. The number of anilines is 1. The van der Waals surface area contributed by atoms with Crippen LogP contribution in [0.25, 0.3) is 0 Å². The van der Waals surface area contributed by atoms with E-state index < -0.39 is 5.97 Å². The van der Waals surface area contributed by atoms with Crippen LogP contribution in [0.4, 0.5) is 5.69 Å². The van der Waals surface area contributed by atoms with E-state index in [2.05, 4.69) is 4.90 Å². The standard InChI is InChI=1S/C15H21NO4/c1-16-5-4-10(7-14(17)18)6-11-8-12(19-2)9-13(20-3)15(11)16/h8-10H,4-7H2,1-3H3,(H,17,18). The molecule has 1 aromatic carbocycles. The molecule has 5 heteroatoms. The van der Waals surface area contributed by atoms with E-state index in [1.807, 2.05) is 19.2 Å². The molecular formula is C15H21NO4. The van der Waals surface area contributed by atoms with Crippen LogP contribution in [0.1, 0.15) is 18.4 Å². The van der Waals surface area contributed by atoms with Gasteiger partial charge in [-0.2, -0.15) is 0 Å². The summed E-state index contributed by atoms with van der Waals surface area (Å²) < 4.78 is 10.8. The first-order valence-electron chi connectivity index (χ1n) is 6.73. The predicted molar refractivity (Wildman–Crippen MR) is 76.9 cm³/mol. The van der Waals surface area contributed by atoms with Gasteiger partial charge in [0.2, 0.25) is 0 Å². The van der Waals surface area contributed by atoms with Crippen LogP contribution in [0.15, 0.2) is 12.1 Å². The van der Waals surface area contributed by atoms with Crippen LogP contribution in [-0.4, -0.2) is 38.9 Å². The fraction of sp³-hybridized carbons (Fsp3) is 0.533. The lowest BCUT2D eigenvalue weighted by molar-refractivity contribution is -0.138. The molecule has 0 amide bonds. The van der Waals surface area contributed by atoms with Crippen molar-refractivity contribution in [1.82, 2.24) is 0 Å². The summed E-state index contributed by atoms with van der Waals surface area (Å²) in [6, 6.07) is 3.85. The fourth-order valence-corrected chi connectivity index (χ4v) is 2.82. The van der Waals surface area contributed by atoms with E-state index in [1.165, 1.54) is 0 Å².